The normalized spacial score (nSPS) is 14.9. The number of aryl methyl sites for hydroxylation is 1. The second kappa shape index (κ2) is 10.3. The molecule has 0 saturated carbocycles. The Morgan fingerprint density at radius 3 is 2.57 bits per heavy atom. The second-order valence-corrected chi connectivity index (χ2v) is 10.2. The van der Waals surface area contributed by atoms with Crippen LogP contribution in [0.5, 0.6) is 5.88 Å². The first kappa shape index (κ1) is 24.5. The molecule has 0 atom stereocenters. The number of amides is 1. The Morgan fingerprint density at radius 2 is 1.86 bits per heavy atom. The summed E-state index contributed by atoms with van der Waals surface area (Å²) in [4.78, 5) is 31.2. The van der Waals surface area contributed by atoms with Crippen LogP contribution in [0.2, 0.25) is 0 Å². The average Bonchev–Trinajstić information content (AvgIpc) is 3.14. The van der Waals surface area contributed by atoms with Crippen molar-refractivity contribution < 1.29 is 22.9 Å². The predicted octanol–water partition coefficient (Wildman–Crippen LogP) is 3.43. The van der Waals surface area contributed by atoms with Gasteiger partial charge in [0, 0.05) is 30.9 Å². The Balaban J connectivity index is 1.47. The number of anilines is 1. The summed E-state index contributed by atoms with van der Waals surface area (Å²) in [5, 5.41) is 14.1. The van der Waals surface area contributed by atoms with Gasteiger partial charge in [-0.05, 0) is 43.5 Å². The summed E-state index contributed by atoms with van der Waals surface area (Å²) in [6.07, 6.45) is 4.88. The molecular weight excluding hydrogens is 474 g/mol. The van der Waals surface area contributed by atoms with Gasteiger partial charge in [-0.2, -0.15) is 4.31 Å². The molecule has 11 nitrogen and oxygen atoms in total. The largest absolute Gasteiger partial charge is 0.467 e. The first-order chi connectivity index (χ1) is 16.8. The fourth-order valence-corrected chi connectivity index (χ4v) is 5.73. The number of benzene rings is 2. The van der Waals surface area contributed by atoms with Gasteiger partial charge in [-0.1, -0.05) is 18.9 Å². The third-order valence-electron chi connectivity index (χ3n) is 5.79. The number of carbonyl (C=O) groups excluding carboxylic acids is 1. The van der Waals surface area contributed by atoms with Crippen molar-refractivity contribution in [2.45, 2.75) is 37.5 Å². The Morgan fingerprint density at radius 1 is 1.11 bits per heavy atom. The van der Waals surface area contributed by atoms with Crippen molar-refractivity contribution in [1.29, 1.82) is 0 Å². The molecule has 12 heteroatoms. The minimum Gasteiger partial charge on any atom is -0.467 e. The summed E-state index contributed by atoms with van der Waals surface area (Å²) in [6.45, 7) is 2.31. The minimum atomic E-state index is -3.68. The van der Waals surface area contributed by atoms with Gasteiger partial charge in [-0.25, -0.2) is 18.4 Å². The van der Waals surface area contributed by atoms with Gasteiger partial charge < -0.3 is 10.1 Å². The van der Waals surface area contributed by atoms with Gasteiger partial charge in [0.1, 0.15) is 6.33 Å². The number of ether oxygens (including phenoxy) is 1. The highest BCUT2D eigenvalue weighted by Gasteiger charge is 2.27. The lowest BCUT2D eigenvalue weighted by molar-refractivity contribution is -0.384. The molecule has 35 heavy (non-hydrogen) atoms. The van der Waals surface area contributed by atoms with Crippen molar-refractivity contribution in [3.8, 4) is 5.88 Å². The number of sulfonamides is 1. The molecule has 0 radical (unpaired) electrons. The van der Waals surface area contributed by atoms with E-state index in [0.29, 0.717) is 35.2 Å². The number of nitrogens with one attached hydrogen (secondary N) is 1. The third kappa shape index (κ3) is 5.54. The summed E-state index contributed by atoms with van der Waals surface area (Å²) >= 11 is 0. The molecule has 4 rings (SSSR count). The molecule has 0 bridgehead atoms. The quantitative estimate of drug-likeness (QED) is 0.384. The predicted molar refractivity (Wildman–Crippen MR) is 129 cm³/mol. The van der Waals surface area contributed by atoms with Crippen LogP contribution in [-0.2, 0) is 14.8 Å². The van der Waals surface area contributed by atoms with E-state index in [1.54, 1.807) is 19.1 Å². The molecule has 2 aromatic carbocycles. The van der Waals surface area contributed by atoms with E-state index in [9.17, 15) is 23.3 Å². The van der Waals surface area contributed by atoms with Gasteiger partial charge in [0.05, 0.1) is 20.7 Å². The van der Waals surface area contributed by atoms with E-state index >= 15 is 0 Å². The average molecular weight is 500 g/mol. The lowest BCUT2D eigenvalue weighted by Crippen LogP contribution is -2.32. The molecule has 1 aliphatic rings. The number of nitro groups is 1. The maximum atomic E-state index is 13.2. The molecule has 3 aromatic rings. The summed E-state index contributed by atoms with van der Waals surface area (Å²) in [5.41, 5.74) is 1.13. The standard InChI is InChI=1S/C23H25N5O6S/c1-16-6-7-17(12-21(16)35(32,33)27-10-4-2-3-5-11-27)26-22(29)14-34-23-19-9-8-18(28(30)31)13-20(19)24-15-25-23/h6-9,12-13,15H,2-5,10-11,14H2,1H3,(H,26,29). The summed E-state index contributed by atoms with van der Waals surface area (Å²) in [5.74, 6) is -0.408. The first-order valence-electron chi connectivity index (χ1n) is 11.2. The van der Waals surface area contributed by atoms with Crippen molar-refractivity contribution >= 4 is 38.2 Å². The molecule has 1 aliphatic heterocycles. The Kier molecular flexibility index (Phi) is 7.22. The highest BCUT2D eigenvalue weighted by molar-refractivity contribution is 7.89. The third-order valence-corrected chi connectivity index (χ3v) is 7.83. The molecule has 2 heterocycles. The molecule has 0 unspecified atom stereocenters. The van der Waals surface area contributed by atoms with Crippen LogP contribution in [0.15, 0.2) is 47.6 Å². The molecule has 1 saturated heterocycles. The van der Waals surface area contributed by atoms with Gasteiger partial charge in [0.2, 0.25) is 15.9 Å². The maximum absolute atomic E-state index is 13.2. The minimum absolute atomic E-state index is 0.105. The lowest BCUT2D eigenvalue weighted by atomic mass is 10.2. The van der Waals surface area contributed by atoms with E-state index in [1.165, 1.54) is 34.9 Å². The van der Waals surface area contributed by atoms with E-state index in [4.69, 9.17) is 4.74 Å². The number of nitro benzene ring substituents is 1. The number of non-ortho nitro benzene ring substituents is 1. The topological polar surface area (TPSA) is 145 Å². The number of aromatic nitrogens is 2. The van der Waals surface area contributed by atoms with Crippen molar-refractivity contribution in [1.82, 2.24) is 14.3 Å². The van der Waals surface area contributed by atoms with Gasteiger partial charge in [-0.15, -0.1) is 0 Å². The van der Waals surface area contributed by atoms with Crippen molar-refractivity contribution in [2.75, 3.05) is 25.0 Å². The van der Waals surface area contributed by atoms with Crippen LogP contribution in [0.25, 0.3) is 10.9 Å². The zero-order valence-corrected chi connectivity index (χ0v) is 20.0. The highest BCUT2D eigenvalue weighted by Crippen LogP contribution is 2.27. The Bertz CT molecular complexity index is 1370. The van der Waals surface area contributed by atoms with E-state index in [2.05, 4.69) is 15.3 Å². The Hall–Kier alpha value is -3.64. The molecule has 0 spiro atoms. The number of fused-ring (bicyclic) bond motifs is 1. The molecular formula is C23H25N5O6S. The zero-order valence-electron chi connectivity index (χ0n) is 19.1. The number of hydrogen-bond acceptors (Lipinski definition) is 8. The summed E-state index contributed by atoms with van der Waals surface area (Å²) in [7, 11) is -3.68. The van der Waals surface area contributed by atoms with Gasteiger partial charge in [0.15, 0.2) is 6.61 Å². The molecule has 0 aliphatic carbocycles. The molecule has 1 N–H and O–H groups in total. The second-order valence-electron chi connectivity index (χ2n) is 8.27. The van der Waals surface area contributed by atoms with Crippen LogP contribution < -0.4 is 10.1 Å². The van der Waals surface area contributed by atoms with Crippen LogP contribution in [0.4, 0.5) is 11.4 Å². The number of carbonyl (C=O) groups is 1. The van der Waals surface area contributed by atoms with Crippen LogP contribution in [0.3, 0.4) is 0 Å². The van der Waals surface area contributed by atoms with Crippen LogP contribution in [-0.4, -0.2) is 53.2 Å². The Labute approximate surface area is 202 Å². The smallest absolute Gasteiger partial charge is 0.271 e. The zero-order chi connectivity index (χ0) is 25.0. The lowest BCUT2D eigenvalue weighted by Gasteiger charge is -2.21. The fraction of sp³-hybridized carbons (Fsp3) is 0.348. The highest BCUT2D eigenvalue weighted by atomic mass is 32.2. The number of nitrogens with zero attached hydrogens (tertiary/aromatic N) is 4. The number of hydrogen-bond donors (Lipinski definition) is 1. The fourth-order valence-electron chi connectivity index (χ4n) is 3.96. The first-order valence-corrected chi connectivity index (χ1v) is 12.6. The monoisotopic (exact) mass is 499 g/mol. The van der Waals surface area contributed by atoms with Crippen molar-refractivity contribution in [2.24, 2.45) is 0 Å². The molecule has 1 fully saturated rings. The summed E-state index contributed by atoms with van der Waals surface area (Å²) in [6, 6.07) is 8.81. The number of rotatable bonds is 7. The molecule has 184 valence electrons. The van der Waals surface area contributed by atoms with E-state index < -0.39 is 27.5 Å². The van der Waals surface area contributed by atoms with E-state index in [0.717, 1.165) is 25.7 Å². The van der Waals surface area contributed by atoms with Gasteiger partial charge in [0.25, 0.3) is 11.6 Å². The van der Waals surface area contributed by atoms with Crippen molar-refractivity contribution in [3.63, 3.8) is 0 Å². The van der Waals surface area contributed by atoms with E-state index in [1.807, 2.05) is 0 Å². The molecule has 1 amide bonds. The van der Waals surface area contributed by atoms with Gasteiger partial charge >= 0.3 is 0 Å². The van der Waals surface area contributed by atoms with E-state index in [-0.39, 0.29) is 16.5 Å². The SMILES string of the molecule is Cc1ccc(NC(=O)COc2ncnc3cc([N+](=O)[O-])ccc23)cc1S(=O)(=O)N1CCCCCC1. The maximum Gasteiger partial charge on any atom is 0.271 e. The van der Waals surface area contributed by atoms with Crippen LogP contribution in [0.1, 0.15) is 31.2 Å². The van der Waals surface area contributed by atoms with Crippen LogP contribution in [0, 0.1) is 17.0 Å². The molecule has 1 aromatic heterocycles. The van der Waals surface area contributed by atoms with Crippen molar-refractivity contribution in [3.05, 3.63) is 58.4 Å². The summed E-state index contributed by atoms with van der Waals surface area (Å²) < 4.78 is 33.5. The van der Waals surface area contributed by atoms with Crippen LogP contribution >= 0.6 is 0 Å². The van der Waals surface area contributed by atoms with Gasteiger partial charge in [-0.3, -0.25) is 14.9 Å².